The van der Waals surface area contributed by atoms with Gasteiger partial charge in [-0.25, -0.2) is 19.2 Å². The minimum absolute atomic E-state index is 0.0340. The van der Waals surface area contributed by atoms with E-state index in [1.807, 2.05) is 62.4 Å². The van der Waals surface area contributed by atoms with Gasteiger partial charge in [-0.2, -0.15) is 0 Å². The summed E-state index contributed by atoms with van der Waals surface area (Å²) < 4.78 is 21.1. The Labute approximate surface area is 321 Å². The number of benzene rings is 4. The average molecular weight is 752 g/mol. The molecule has 0 radical (unpaired) electrons. The monoisotopic (exact) mass is 751 g/mol. The normalized spacial score (nSPS) is 13.1. The second-order valence-electron chi connectivity index (χ2n) is 14.6. The summed E-state index contributed by atoms with van der Waals surface area (Å²) in [4.78, 5) is 49.8. The molecule has 0 aromatic heterocycles. The lowest BCUT2D eigenvalue weighted by Crippen LogP contribution is -2.45. The predicted molar refractivity (Wildman–Crippen MR) is 207 cm³/mol. The van der Waals surface area contributed by atoms with Gasteiger partial charge in [0.2, 0.25) is 0 Å². The number of carboxylic acid groups (broad SMARTS) is 1. The number of aliphatic carboxylic acids is 1. The first-order valence-corrected chi connectivity index (χ1v) is 18.2. The fourth-order valence-electron chi connectivity index (χ4n) is 6.88. The van der Waals surface area contributed by atoms with Crippen molar-refractivity contribution in [2.75, 3.05) is 20.3 Å². The molecule has 0 unspecified atom stereocenters. The lowest BCUT2D eigenvalue weighted by atomic mass is 9.95. The topological polar surface area (TPSA) is 162 Å². The lowest BCUT2D eigenvalue weighted by Gasteiger charge is -2.24. The van der Waals surface area contributed by atoms with Crippen molar-refractivity contribution >= 4 is 24.3 Å². The molecule has 12 nitrogen and oxygen atoms in total. The first-order chi connectivity index (χ1) is 26.2. The molecule has 2 amide bonds. The number of hydrogen-bond acceptors (Lipinski definition) is 9. The number of carbonyl (C=O) groups is 4. The molecular weight excluding hydrogens is 702 g/mol. The van der Waals surface area contributed by atoms with E-state index in [4.69, 9.17) is 14.2 Å². The molecule has 12 heteroatoms. The van der Waals surface area contributed by atoms with E-state index < -0.39 is 42.0 Å². The van der Waals surface area contributed by atoms with Crippen LogP contribution in [-0.2, 0) is 38.4 Å². The van der Waals surface area contributed by atoms with E-state index in [2.05, 4.69) is 45.0 Å². The van der Waals surface area contributed by atoms with Crippen LogP contribution in [0.15, 0.2) is 84.9 Å². The highest BCUT2D eigenvalue weighted by molar-refractivity contribution is 5.81. The van der Waals surface area contributed by atoms with Crippen LogP contribution in [0.3, 0.4) is 0 Å². The molecule has 0 aliphatic heterocycles. The Morgan fingerprint density at radius 3 is 1.95 bits per heavy atom. The third-order valence-corrected chi connectivity index (χ3v) is 9.39. The van der Waals surface area contributed by atoms with Crippen molar-refractivity contribution in [2.24, 2.45) is 0 Å². The summed E-state index contributed by atoms with van der Waals surface area (Å²) in [6.07, 6.45) is -1.73. The van der Waals surface area contributed by atoms with Gasteiger partial charge in [-0.1, -0.05) is 72.8 Å². The summed E-state index contributed by atoms with van der Waals surface area (Å²) >= 11 is 0. The van der Waals surface area contributed by atoms with Crippen LogP contribution >= 0.6 is 0 Å². The van der Waals surface area contributed by atoms with Gasteiger partial charge in [0.25, 0.3) is 0 Å². The summed E-state index contributed by atoms with van der Waals surface area (Å²) in [7, 11) is 1.24. The van der Waals surface area contributed by atoms with E-state index in [1.165, 1.54) is 7.11 Å². The third-order valence-electron chi connectivity index (χ3n) is 9.39. The summed E-state index contributed by atoms with van der Waals surface area (Å²) in [6.45, 7) is 9.77. The molecule has 0 fully saturated rings. The number of ether oxygens (including phenoxy) is 4. The largest absolute Gasteiger partial charge is 0.513 e. The molecule has 1 aliphatic rings. The quantitative estimate of drug-likeness (QED) is 0.0589. The fraction of sp³-hybridized carbons (Fsp3) is 0.349. The SMILES string of the molecule is COC(=O)Oc1cc(C)c(C[C@H](CNCc2ccccc2C[C@@H](NC(=O)OC(C)(C)C)C(=O)O)NC(=O)OCC2c3ccccc3-c3ccccc32)c(C)c1. The lowest BCUT2D eigenvalue weighted by molar-refractivity contribution is -0.139. The molecule has 290 valence electrons. The van der Waals surface area contributed by atoms with E-state index in [9.17, 15) is 24.3 Å². The molecule has 0 saturated heterocycles. The molecule has 0 saturated carbocycles. The summed E-state index contributed by atoms with van der Waals surface area (Å²) in [6, 6.07) is 25.5. The molecule has 4 N–H and O–H groups in total. The minimum atomic E-state index is -1.21. The van der Waals surface area contributed by atoms with Crippen LogP contribution in [-0.4, -0.2) is 67.4 Å². The van der Waals surface area contributed by atoms with Gasteiger partial charge in [-0.05, 0) is 103 Å². The Morgan fingerprint density at radius 1 is 0.782 bits per heavy atom. The smallest absolute Gasteiger partial charge is 0.480 e. The number of carboxylic acids is 1. The van der Waals surface area contributed by atoms with Gasteiger partial charge in [0.05, 0.1) is 7.11 Å². The number of amides is 2. The van der Waals surface area contributed by atoms with Crippen LogP contribution in [0.25, 0.3) is 11.1 Å². The highest BCUT2D eigenvalue weighted by Crippen LogP contribution is 2.44. The van der Waals surface area contributed by atoms with Crippen LogP contribution in [0.5, 0.6) is 5.75 Å². The van der Waals surface area contributed by atoms with Gasteiger partial charge < -0.3 is 40.0 Å². The summed E-state index contributed by atoms with van der Waals surface area (Å²) in [5.74, 6) is -0.936. The molecule has 0 heterocycles. The molecule has 4 aromatic carbocycles. The number of methoxy groups -OCH3 is 1. The third kappa shape index (κ3) is 10.9. The van der Waals surface area contributed by atoms with Crippen LogP contribution < -0.4 is 20.7 Å². The van der Waals surface area contributed by atoms with Crippen molar-refractivity contribution < 1.29 is 43.2 Å². The molecule has 55 heavy (non-hydrogen) atoms. The first-order valence-electron chi connectivity index (χ1n) is 18.2. The Bertz CT molecular complexity index is 1950. The number of fused-ring (bicyclic) bond motifs is 3. The molecule has 0 spiro atoms. The fourth-order valence-corrected chi connectivity index (χ4v) is 6.88. The van der Waals surface area contributed by atoms with Gasteiger partial charge >= 0.3 is 24.3 Å². The predicted octanol–water partition coefficient (Wildman–Crippen LogP) is 7.21. The maximum atomic E-state index is 13.5. The Balaban J connectivity index is 1.30. The molecular formula is C43H49N3O9. The van der Waals surface area contributed by atoms with Crippen LogP contribution in [0.2, 0.25) is 0 Å². The zero-order valence-corrected chi connectivity index (χ0v) is 32.1. The van der Waals surface area contributed by atoms with Gasteiger partial charge in [0.1, 0.15) is 24.0 Å². The standard InChI is InChI=1S/C43H49N3O9/c1-26-19-31(54-42(51)52-6)20-27(2)36(26)22-30(45-40(49)53-25-37-34-17-11-9-15-32(34)33-16-10-12-18-35(33)37)24-44-23-29-14-8-7-13-28(29)21-38(39(47)48)46-41(50)55-43(3,4)5/h7-20,30,37-38,44H,21-25H2,1-6H3,(H,45,49)(H,46,50)(H,47,48)/t30-,38-/m1/s1. The van der Waals surface area contributed by atoms with Crippen molar-refractivity contribution in [3.05, 3.63) is 124 Å². The maximum Gasteiger partial charge on any atom is 0.513 e. The second-order valence-corrected chi connectivity index (χ2v) is 14.6. The van der Waals surface area contributed by atoms with Crippen LogP contribution in [0.1, 0.15) is 65.6 Å². The van der Waals surface area contributed by atoms with E-state index in [0.717, 1.165) is 50.1 Å². The number of hydrogen-bond donors (Lipinski definition) is 4. The number of nitrogens with one attached hydrogen (secondary N) is 3. The molecule has 1 aliphatic carbocycles. The molecule has 5 rings (SSSR count). The first kappa shape index (κ1) is 40.3. The summed E-state index contributed by atoms with van der Waals surface area (Å²) in [5, 5.41) is 18.9. The molecule has 4 aromatic rings. The maximum absolute atomic E-state index is 13.5. The van der Waals surface area contributed by atoms with Crippen LogP contribution in [0.4, 0.5) is 14.4 Å². The van der Waals surface area contributed by atoms with Gasteiger partial charge in [-0.15, -0.1) is 0 Å². The minimum Gasteiger partial charge on any atom is -0.480 e. The number of rotatable bonds is 14. The van der Waals surface area contributed by atoms with E-state index in [0.29, 0.717) is 25.3 Å². The average Bonchev–Trinajstić information content (AvgIpc) is 3.45. The molecule has 0 bridgehead atoms. The van der Waals surface area contributed by atoms with Crippen molar-refractivity contribution in [1.29, 1.82) is 0 Å². The number of aryl methyl sites for hydroxylation is 2. The Hall–Kier alpha value is -5.88. The van der Waals surface area contributed by atoms with Gasteiger partial charge in [-0.3, -0.25) is 0 Å². The van der Waals surface area contributed by atoms with Crippen molar-refractivity contribution in [2.45, 2.75) is 77.6 Å². The van der Waals surface area contributed by atoms with E-state index in [1.54, 1.807) is 32.9 Å². The number of alkyl carbamates (subject to hydrolysis) is 2. The van der Waals surface area contributed by atoms with E-state index in [-0.39, 0.29) is 18.9 Å². The zero-order chi connectivity index (χ0) is 39.7. The van der Waals surface area contributed by atoms with Gasteiger partial charge in [0.15, 0.2) is 0 Å². The van der Waals surface area contributed by atoms with Crippen LogP contribution in [0, 0.1) is 13.8 Å². The van der Waals surface area contributed by atoms with Crippen molar-refractivity contribution in [3.63, 3.8) is 0 Å². The van der Waals surface area contributed by atoms with E-state index >= 15 is 0 Å². The van der Waals surface area contributed by atoms with Crippen molar-refractivity contribution in [1.82, 2.24) is 16.0 Å². The highest BCUT2D eigenvalue weighted by atomic mass is 16.7. The zero-order valence-electron chi connectivity index (χ0n) is 32.1. The van der Waals surface area contributed by atoms with Crippen molar-refractivity contribution in [3.8, 4) is 16.9 Å². The molecule has 2 atom stereocenters. The summed E-state index contributed by atoms with van der Waals surface area (Å²) in [5.41, 5.74) is 7.95. The second kappa shape index (κ2) is 18.0. The van der Waals surface area contributed by atoms with Gasteiger partial charge in [0, 0.05) is 31.5 Å². The Kier molecular flexibility index (Phi) is 13.2. The highest BCUT2D eigenvalue weighted by Gasteiger charge is 2.30. The number of carbonyl (C=O) groups excluding carboxylic acids is 3. The Morgan fingerprint density at radius 2 is 1.36 bits per heavy atom.